The third kappa shape index (κ3) is 3.07. The molecular weight excluding hydrogens is 260 g/mol. The lowest BCUT2D eigenvalue weighted by atomic mass is 10.5. The van der Waals surface area contributed by atoms with Crippen molar-refractivity contribution in [1.82, 2.24) is 14.6 Å². The summed E-state index contributed by atoms with van der Waals surface area (Å²) in [4.78, 5) is 16.7. The molecule has 0 saturated heterocycles. The van der Waals surface area contributed by atoms with Crippen LogP contribution in [-0.4, -0.2) is 32.2 Å². The second kappa shape index (κ2) is 5.49. The van der Waals surface area contributed by atoms with Crippen molar-refractivity contribution in [3.63, 3.8) is 0 Å². The van der Waals surface area contributed by atoms with Crippen molar-refractivity contribution in [3.05, 3.63) is 22.1 Å². The molecule has 2 rings (SSSR count). The van der Waals surface area contributed by atoms with Gasteiger partial charge in [-0.1, -0.05) is 27.7 Å². The SMILES string of the molecule is O=C(Nc1ncc(C#CCO)s1)c1cnns1. The fourth-order valence-electron chi connectivity index (χ4n) is 0.942. The number of carbonyl (C=O) groups excluding carboxylic acids is 1. The molecule has 8 heteroatoms. The Balaban J connectivity index is 2.04. The molecule has 0 radical (unpaired) electrons. The van der Waals surface area contributed by atoms with Crippen LogP contribution in [0.2, 0.25) is 0 Å². The molecule has 0 atom stereocenters. The first-order chi connectivity index (χ1) is 8.29. The zero-order valence-electron chi connectivity index (χ0n) is 8.38. The summed E-state index contributed by atoms with van der Waals surface area (Å²) in [6.07, 6.45) is 2.92. The first kappa shape index (κ1) is 11.7. The number of thiazole rings is 1. The Labute approximate surface area is 105 Å². The van der Waals surface area contributed by atoms with Crippen LogP contribution in [0.25, 0.3) is 0 Å². The van der Waals surface area contributed by atoms with Crippen LogP contribution in [0.4, 0.5) is 5.13 Å². The number of nitrogens with one attached hydrogen (secondary N) is 1. The normalized spacial score (nSPS) is 9.47. The molecule has 6 nitrogen and oxygen atoms in total. The van der Waals surface area contributed by atoms with Crippen LogP contribution in [0.5, 0.6) is 0 Å². The first-order valence-corrected chi connectivity index (χ1v) is 6.03. The van der Waals surface area contributed by atoms with E-state index in [1.54, 1.807) is 0 Å². The summed E-state index contributed by atoms with van der Waals surface area (Å²) in [7, 11) is 0. The number of aliphatic hydroxyl groups is 1. The number of hydrogen-bond acceptors (Lipinski definition) is 7. The lowest BCUT2D eigenvalue weighted by Crippen LogP contribution is -2.09. The van der Waals surface area contributed by atoms with E-state index in [9.17, 15) is 4.79 Å². The zero-order valence-corrected chi connectivity index (χ0v) is 10.0. The summed E-state index contributed by atoms with van der Waals surface area (Å²) >= 11 is 2.25. The smallest absolute Gasteiger partial charge is 0.270 e. The molecule has 1 amide bonds. The van der Waals surface area contributed by atoms with Gasteiger partial charge in [0, 0.05) is 0 Å². The quantitative estimate of drug-likeness (QED) is 0.777. The zero-order chi connectivity index (χ0) is 12.1. The van der Waals surface area contributed by atoms with E-state index < -0.39 is 0 Å². The average Bonchev–Trinajstić information content (AvgIpc) is 2.97. The second-order valence-corrected chi connectivity index (χ2v) is 4.54. The van der Waals surface area contributed by atoms with Crippen molar-refractivity contribution in [2.45, 2.75) is 0 Å². The van der Waals surface area contributed by atoms with E-state index in [2.05, 4.69) is 31.7 Å². The molecule has 2 heterocycles. The van der Waals surface area contributed by atoms with Gasteiger partial charge in [-0.15, -0.1) is 5.10 Å². The van der Waals surface area contributed by atoms with E-state index in [1.807, 2.05) is 0 Å². The average molecular weight is 266 g/mol. The monoisotopic (exact) mass is 266 g/mol. The van der Waals surface area contributed by atoms with Crippen molar-refractivity contribution < 1.29 is 9.90 Å². The van der Waals surface area contributed by atoms with Crippen LogP contribution in [0.1, 0.15) is 14.5 Å². The first-order valence-electron chi connectivity index (χ1n) is 4.44. The van der Waals surface area contributed by atoms with Crippen molar-refractivity contribution in [2.24, 2.45) is 0 Å². The molecule has 0 aliphatic heterocycles. The van der Waals surface area contributed by atoms with Gasteiger partial charge in [-0.2, -0.15) is 0 Å². The molecule has 0 bridgehead atoms. The van der Waals surface area contributed by atoms with E-state index in [1.165, 1.54) is 23.7 Å². The highest BCUT2D eigenvalue weighted by atomic mass is 32.1. The molecule has 2 aromatic heterocycles. The summed E-state index contributed by atoms with van der Waals surface area (Å²) in [5.74, 6) is 4.91. The summed E-state index contributed by atoms with van der Waals surface area (Å²) in [6, 6.07) is 0. The van der Waals surface area contributed by atoms with Crippen molar-refractivity contribution in [3.8, 4) is 11.8 Å². The van der Waals surface area contributed by atoms with E-state index >= 15 is 0 Å². The third-order valence-corrected chi connectivity index (χ3v) is 3.09. The Hall–Kier alpha value is -1.82. The van der Waals surface area contributed by atoms with Crippen molar-refractivity contribution in [2.75, 3.05) is 11.9 Å². The minimum atomic E-state index is -0.295. The van der Waals surface area contributed by atoms with Gasteiger partial charge in [-0.25, -0.2) is 4.98 Å². The summed E-state index contributed by atoms with van der Waals surface area (Å²) in [5, 5.41) is 15.2. The number of carbonyl (C=O) groups is 1. The Morgan fingerprint density at radius 3 is 3.12 bits per heavy atom. The molecular formula is C9H6N4O2S2. The standard InChI is InChI=1S/C9H6N4O2S2/c14-3-1-2-6-4-10-9(16-6)12-8(15)7-5-11-13-17-7/h4-5,14H,3H2,(H,10,12,15). The molecule has 0 fully saturated rings. The molecule has 0 saturated carbocycles. The van der Waals surface area contributed by atoms with Gasteiger partial charge in [-0.05, 0) is 11.5 Å². The van der Waals surface area contributed by atoms with Gasteiger partial charge in [0.05, 0.1) is 17.3 Å². The number of aromatic nitrogens is 3. The van der Waals surface area contributed by atoms with E-state index in [0.717, 1.165) is 11.5 Å². The fraction of sp³-hybridized carbons (Fsp3) is 0.111. The number of nitrogens with zero attached hydrogens (tertiary/aromatic N) is 3. The maximum absolute atomic E-state index is 11.6. The van der Waals surface area contributed by atoms with Crippen LogP contribution in [0.15, 0.2) is 12.4 Å². The molecule has 2 aromatic rings. The van der Waals surface area contributed by atoms with Crippen LogP contribution in [0.3, 0.4) is 0 Å². The molecule has 2 N–H and O–H groups in total. The Kier molecular flexibility index (Phi) is 3.77. The Morgan fingerprint density at radius 2 is 2.41 bits per heavy atom. The highest BCUT2D eigenvalue weighted by Crippen LogP contribution is 2.18. The summed E-state index contributed by atoms with van der Waals surface area (Å²) < 4.78 is 3.59. The molecule has 0 spiro atoms. The molecule has 0 aliphatic rings. The molecule has 17 heavy (non-hydrogen) atoms. The van der Waals surface area contributed by atoms with Gasteiger partial charge in [0.25, 0.3) is 5.91 Å². The van der Waals surface area contributed by atoms with E-state index in [4.69, 9.17) is 5.11 Å². The van der Waals surface area contributed by atoms with Gasteiger partial charge < -0.3 is 5.11 Å². The number of rotatable bonds is 2. The summed E-state index contributed by atoms with van der Waals surface area (Å²) in [6.45, 7) is -0.202. The molecule has 0 aromatic carbocycles. The third-order valence-electron chi connectivity index (χ3n) is 1.60. The molecule has 86 valence electrons. The van der Waals surface area contributed by atoms with Gasteiger partial charge in [0.2, 0.25) is 0 Å². The second-order valence-electron chi connectivity index (χ2n) is 2.73. The highest BCUT2D eigenvalue weighted by Gasteiger charge is 2.10. The maximum atomic E-state index is 11.6. The van der Waals surface area contributed by atoms with Crippen LogP contribution < -0.4 is 5.32 Å². The largest absolute Gasteiger partial charge is 0.384 e. The number of hydrogen-bond donors (Lipinski definition) is 2. The van der Waals surface area contributed by atoms with Crippen LogP contribution in [0, 0.1) is 11.8 Å². The number of anilines is 1. The minimum Gasteiger partial charge on any atom is -0.384 e. The van der Waals surface area contributed by atoms with Crippen molar-refractivity contribution >= 4 is 33.9 Å². The lowest BCUT2D eigenvalue weighted by Gasteiger charge is -1.95. The van der Waals surface area contributed by atoms with E-state index in [0.29, 0.717) is 14.9 Å². The molecule has 0 aliphatic carbocycles. The van der Waals surface area contributed by atoms with E-state index in [-0.39, 0.29) is 12.5 Å². The maximum Gasteiger partial charge on any atom is 0.270 e. The lowest BCUT2D eigenvalue weighted by molar-refractivity contribution is 0.103. The highest BCUT2D eigenvalue weighted by molar-refractivity contribution is 7.16. The number of amides is 1. The summed E-state index contributed by atoms with van der Waals surface area (Å²) in [5.41, 5.74) is 0. The number of aliphatic hydroxyl groups excluding tert-OH is 1. The van der Waals surface area contributed by atoms with Crippen LogP contribution in [-0.2, 0) is 0 Å². The fourth-order valence-corrected chi connectivity index (χ4v) is 2.04. The van der Waals surface area contributed by atoms with Crippen molar-refractivity contribution in [1.29, 1.82) is 0 Å². The van der Waals surface area contributed by atoms with Gasteiger partial charge in [0.15, 0.2) is 5.13 Å². The Morgan fingerprint density at radius 1 is 1.53 bits per heavy atom. The van der Waals surface area contributed by atoms with Crippen LogP contribution >= 0.6 is 22.9 Å². The van der Waals surface area contributed by atoms with Gasteiger partial charge >= 0.3 is 0 Å². The van der Waals surface area contributed by atoms with Gasteiger partial charge in [0.1, 0.15) is 11.5 Å². The Bertz CT molecular complexity index is 567. The topological polar surface area (TPSA) is 88.0 Å². The minimum absolute atomic E-state index is 0.202. The molecule has 0 unspecified atom stereocenters. The van der Waals surface area contributed by atoms with Gasteiger partial charge in [-0.3, -0.25) is 10.1 Å². The predicted octanol–water partition coefficient (Wildman–Crippen LogP) is 0.591. The predicted molar refractivity (Wildman–Crippen MR) is 63.9 cm³/mol.